The molecule has 2 heterocycles. The number of benzene rings is 8. The van der Waals surface area contributed by atoms with Gasteiger partial charge in [-0.1, -0.05) is 127 Å². The van der Waals surface area contributed by atoms with Crippen LogP contribution in [0.5, 0.6) is 0 Å². The average molecular weight is 691 g/mol. The van der Waals surface area contributed by atoms with E-state index in [2.05, 4.69) is 152 Å². The molecule has 0 saturated heterocycles. The maximum atomic E-state index is 5.26. The van der Waals surface area contributed by atoms with Gasteiger partial charge in [-0.05, 0) is 111 Å². The molecule has 10 aromatic rings. The molecular weight excluding hydrogens is 657 g/mol. The number of aromatic nitrogens is 4. The van der Waals surface area contributed by atoms with E-state index in [9.17, 15) is 0 Å². The van der Waals surface area contributed by atoms with Gasteiger partial charge in [-0.2, -0.15) is 0 Å². The summed E-state index contributed by atoms with van der Waals surface area (Å²) in [6, 6.07) is 60.2. The van der Waals surface area contributed by atoms with Crippen LogP contribution in [-0.2, 0) is 0 Å². The van der Waals surface area contributed by atoms with Gasteiger partial charge < -0.3 is 0 Å². The highest BCUT2D eigenvalue weighted by molar-refractivity contribution is 6.26. The molecule has 0 amide bonds. The molecule has 0 spiro atoms. The van der Waals surface area contributed by atoms with E-state index in [1.54, 1.807) is 0 Å². The average Bonchev–Trinajstić information content (AvgIpc) is 3.22. The summed E-state index contributed by atoms with van der Waals surface area (Å²) in [7, 11) is 0. The van der Waals surface area contributed by atoms with Crippen LogP contribution in [0.2, 0.25) is 0 Å². The van der Waals surface area contributed by atoms with E-state index in [-0.39, 0.29) is 0 Å². The molecule has 4 heteroatoms. The van der Waals surface area contributed by atoms with Crippen molar-refractivity contribution in [2.24, 2.45) is 0 Å². The summed E-state index contributed by atoms with van der Waals surface area (Å²) in [5.41, 5.74) is 12.1. The largest absolute Gasteiger partial charge is 0.233 e. The minimum Gasteiger partial charge on any atom is -0.233 e. The molecule has 10 rings (SSSR count). The summed E-state index contributed by atoms with van der Waals surface area (Å²) in [5.74, 6) is 1.40. The standard InChI is InChI=1S/C50H34N4/c1-31-24-32(2)52-49(51-31)39-20-10-18-37(25-39)40-26-41(44-29-38-19-9-16-35-22-23-36-17-11-21-43(44)48(36)47(35)38)28-42(27-40)50-53-45(33-12-5-3-6-13-33)30-46(54-50)34-14-7-4-8-15-34/h3-30H,1-2H3. The number of hydrogen-bond acceptors (Lipinski definition) is 4. The van der Waals surface area contributed by atoms with Crippen LogP contribution < -0.4 is 0 Å². The predicted octanol–water partition coefficient (Wildman–Crippen LogP) is 12.8. The second-order valence-corrected chi connectivity index (χ2v) is 14.0. The Morgan fingerprint density at radius 2 is 0.833 bits per heavy atom. The first kappa shape index (κ1) is 31.7. The van der Waals surface area contributed by atoms with E-state index in [0.717, 1.165) is 67.5 Å². The van der Waals surface area contributed by atoms with Crippen LogP contribution in [0.1, 0.15) is 11.4 Å². The van der Waals surface area contributed by atoms with Crippen molar-refractivity contribution < 1.29 is 0 Å². The summed E-state index contributed by atoms with van der Waals surface area (Å²) in [4.78, 5) is 20.1. The molecule has 0 N–H and O–H groups in total. The molecule has 0 aliphatic carbocycles. The highest BCUT2D eigenvalue weighted by atomic mass is 14.9. The third-order valence-electron chi connectivity index (χ3n) is 10.3. The zero-order valence-electron chi connectivity index (χ0n) is 30.0. The Kier molecular flexibility index (Phi) is 7.55. The Bertz CT molecular complexity index is 2930. The second-order valence-electron chi connectivity index (χ2n) is 14.0. The van der Waals surface area contributed by atoms with Crippen molar-refractivity contribution in [1.29, 1.82) is 0 Å². The molecule has 4 nitrogen and oxygen atoms in total. The molecule has 0 atom stereocenters. The van der Waals surface area contributed by atoms with E-state index < -0.39 is 0 Å². The van der Waals surface area contributed by atoms with Gasteiger partial charge in [-0.25, -0.2) is 19.9 Å². The van der Waals surface area contributed by atoms with Gasteiger partial charge in [0.2, 0.25) is 0 Å². The SMILES string of the molecule is Cc1cc(C)nc(-c2cccc(-c3cc(-c4nc(-c5ccccc5)cc(-c5ccccc5)n4)cc(-c4cc5cccc6ccc7cccc4c7c65)c3)c2)n1. The first-order valence-electron chi connectivity index (χ1n) is 18.3. The van der Waals surface area contributed by atoms with E-state index in [1.807, 2.05) is 32.0 Å². The molecule has 0 saturated carbocycles. The smallest absolute Gasteiger partial charge is 0.160 e. The van der Waals surface area contributed by atoms with Crippen LogP contribution in [-0.4, -0.2) is 19.9 Å². The third kappa shape index (κ3) is 5.65. The predicted molar refractivity (Wildman–Crippen MR) is 223 cm³/mol. The van der Waals surface area contributed by atoms with Gasteiger partial charge in [0.15, 0.2) is 11.6 Å². The Morgan fingerprint density at radius 1 is 0.315 bits per heavy atom. The molecular formula is C50H34N4. The Morgan fingerprint density at radius 3 is 1.54 bits per heavy atom. The summed E-state index contributed by atoms with van der Waals surface area (Å²) in [5, 5.41) is 7.53. The Hall–Kier alpha value is -7.04. The van der Waals surface area contributed by atoms with Crippen LogP contribution in [0, 0.1) is 13.8 Å². The normalized spacial score (nSPS) is 11.5. The van der Waals surface area contributed by atoms with Gasteiger partial charge >= 0.3 is 0 Å². The molecule has 0 aliphatic rings. The number of rotatable bonds is 6. The van der Waals surface area contributed by atoms with Crippen molar-refractivity contribution in [3.8, 4) is 67.5 Å². The van der Waals surface area contributed by atoms with Gasteiger partial charge in [-0.3, -0.25) is 0 Å². The van der Waals surface area contributed by atoms with Crippen molar-refractivity contribution >= 4 is 32.3 Å². The molecule has 0 bridgehead atoms. The minimum absolute atomic E-state index is 0.671. The maximum absolute atomic E-state index is 5.26. The van der Waals surface area contributed by atoms with Crippen molar-refractivity contribution in [3.63, 3.8) is 0 Å². The van der Waals surface area contributed by atoms with Gasteiger partial charge in [-0.15, -0.1) is 0 Å². The third-order valence-corrected chi connectivity index (χ3v) is 10.3. The quantitative estimate of drug-likeness (QED) is 0.163. The van der Waals surface area contributed by atoms with Crippen LogP contribution in [0.4, 0.5) is 0 Å². The van der Waals surface area contributed by atoms with Crippen LogP contribution in [0.25, 0.3) is 99.9 Å². The second kappa shape index (κ2) is 12.9. The molecule has 0 radical (unpaired) electrons. The lowest BCUT2D eigenvalue weighted by Crippen LogP contribution is -1.97. The molecule has 2 aromatic heterocycles. The highest BCUT2D eigenvalue weighted by Gasteiger charge is 2.18. The topological polar surface area (TPSA) is 51.6 Å². The van der Waals surface area contributed by atoms with Crippen LogP contribution in [0.3, 0.4) is 0 Å². The van der Waals surface area contributed by atoms with E-state index in [1.165, 1.54) is 37.9 Å². The first-order chi connectivity index (χ1) is 26.5. The van der Waals surface area contributed by atoms with E-state index >= 15 is 0 Å². The van der Waals surface area contributed by atoms with Gasteiger partial charge in [0.05, 0.1) is 11.4 Å². The summed E-state index contributed by atoms with van der Waals surface area (Å²) in [6.07, 6.45) is 0. The van der Waals surface area contributed by atoms with Crippen LogP contribution in [0.15, 0.2) is 170 Å². The first-order valence-corrected chi connectivity index (χ1v) is 18.3. The van der Waals surface area contributed by atoms with Crippen molar-refractivity contribution in [1.82, 2.24) is 19.9 Å². The Labute approximate surface area is 313 Å². The molecule has 0 unspecified atom stereocenters. The van der Waals surface area contributed by atoms with Gasteiger partial charge in [0, 0.05) is 33.6 Å². The number of aryl methyl sites for hydroxylation is 2. The lowest BCUT2D eigenvalue weighted by atomic mass is 9.87. The molecule has 54 heavy (non-hydrogen) atoms. The fourth-order valence-electron chi connectivity index (χ4n) is 7.86. The lowest BCUT2D eigenvalue weighted by Gasteiger charge is -2.17. The zero-order valence-corrected chi connectivity index (χ0v) is 30.0. The fraction of sp³-hybridized carbons (Fsp3) is 0.0400. The van der Waals surface area contributed by atoms with Crippen molar-refractivity contribution in [2.45, 2.75) is 13.8 Å². The highest BCUT2D eigenvalue weighted by Crippen LogP contribution is 2.42. The molecule has 0 fully saturated rings. The van der Waals surface area contributed by atoms with Gasteiger partial charge in [0.25, 0.3) is 0 Å². The maximum Gasteiger partial charge on any atom is 0.160 e. The molecule has 8 aromatic carbocycles. The van der Waals surface area contributed by atoms with Gasteiger partial charge in [0.1, 0.15) is 0 Å². The van der Waals surface area contributed by atoms with Crippen molar-refractivity contribution in [3.05, 3.63) is 181 Å². The van der Waals surface area contributed by atoms with E-state index in [0.29, 0.717) is 5.82 Å². The summed E-state index contributed by atoms with van der Waals surface area (Å²) < 4.78 is 0. The molecule has 0 aliphatic heterocycles. The monoisotopic (exact) mass is 690 g/mol. The number of hydrogen-bond donors (Lipinski definition) is 0. The lowest BCUT2D eigenvalue weighted by molar-refractivity contribution is 1.06. The van der Waals surface area contributed by atoms with Crippen LogP contribution >= 0.6 is 0 Å². The zero-order chi connectivity index (χ0) is 36.2. The summed E-state index contributed by atoms with van der Waals surface area (Å²) >= 11 is 0. The molecule has 254 valence electrons. The number of nitrogens with zero attached hydrogens (tertiary/aromatic N) is 4. The van der Waals surface area contributed by atoms with E-state index in [4.69, 9.17) is 19.9 Å². The fourth-order valence-corrected chi connectivity index (χ4v) is 7.86. The Balaban J connectivity index is 1.25. The minimum atomic E-state index is 0.671. The summed E-state index contributed by atoms with van der Waals surface area (Å²) in [6.45, 7) is 4.03. The van der Waals surface area contributed by atoms with Crippen molar-refractivity contribution in [2.75, 3.05) is 0 Å².